The Balaban J connectivity index is 3.08. The first kappa shape index (κ1) is 15.1. The molecular formula is C11H12BrN3O4. The maximum atomic E-state index is 12.1. The monoisotopic (exact) mass is 329 g/mol. The summed E-state index contributed by atoms with van der Waals surface area (Å²) >= 11 is 3.03. The zero-order valence-electron chi connectivity index (χ0n) is 10.1. The van der Waals surface area contributed by atoms with Crippen molar-refractivity contribution in [2.75, 3.05) is 13.1 Å². The highest BCUT2D eigenvalue weighted by molar-refractivity contribution is 9.10. The van der Waals surface area contributed by atoms with Gasteiger partial charge in [-0.1, -0.05) is 0 Å². The number of primary amides is 1. The second kappa shape index (κ2) is 6.28. The minimum absolute atomic E-state index is 0.137. The van der Waals surface area contributed by atoms with Gasteiger partial charge >= 0.3 is 0 Å². The number of benzene rings is 1. The van der Waals surface area contributed by atoms with E-state index in [4.69, 9.17) is 5.73 Å². The van der Waals surface area contributed by atoms with Gasteiger partial charge in [-0.3, -0.25) is 19.7 Å². The number of amides is 2. The SMILES string of the molecule is CCN(CC(N)=O)C(=O)c1ccc(Br)c([N+](=O)[O-])c1. The molecule has 1 aromatic carbocycles. The second-order valence-electron chi connectivity index (χ2n) is 3.71. The molecule has 2 amide bonds. The second-order valence-corrected chi connectivity index (χ2v) is 4.56. The molecule has 0 aliphatic carbocycles. The van der Waals surface area contributed by atoms with Crippen LogP contribution in [0.4, 0.5) is 5.69 Å². The van der Waals surface area contributed by atoms with Crippen LogP contribution in [0, 0.1) is 10.1 Å². The van der Waals surface area contributed by atoms with Crippen LogP contribution in [0.3, 0.4) is 0 Å². The number of hydrogen-bond donors (Lipinski definition) is 1. The Morgan fingerprint density at radius 2 is 2.11 bits per heavy atom. The van der Waals surface area contributed by atoms with Gasteiger partial charge in [-0.15, -0.1) is 0 Å². The fourth-order valence-electron chi connectivity index (χ4n) is 1.48. The Morgan fingerprint density at radius 3 is 2.58 bits per heavy atom. The Morgan fingerprint density at radius 1 is 1.47 bits per heavy atom. The zero-order chi connectivity index (χ0) is 14.6. The number of carbonyl (C=O) groups excluding carboxylic acids is 2. The molecule has 1 aromatic rings. The number of nitro groups is 1. The van der Waals surface area contributed by atoms with Gasteiger partial charge in [-0.25, -0.2) is 0 Å². The van der Waals surface area contributed by atoms with Crippen LogP contribution in [0.5, 0.6) is 0 Å². The molecular weight excluding hydrogens is 318 g/mol. The predicted molar refractivity (Wildman–Crippen MR) is 71.6 cm³/mol. The molecule has 0 bridgehead atoms. The number of likely N-dealkylation sites (N-methyl/N-ethyl adjacent to an activating group) is 1. The van der Waals surface area contributed by atoms with Gasteiger partial charge in [0.2, 0.25) is 5.91 Å². The Bertz CT molecular complexity index is 533. The maximum absolute atomic E-state index is 12.1. The molecule has 0 radical (unpaired) electrons. The van der Waals surface area contributed by atoms with E-state index in [-0.39, 0.29) is 28.8 Å². The average Bonchev–Trinajstić information content (AvgIpc) is 2.35. The predicted octanol–water partition coefficient (Wildman–Crippen LogP) is 1.30. The lowest BCUT2D eigenvalue weighted by Crippen LogP contribution is -2.38. The summed E-state index contributed by atoms with van der Waals surface area (Å²) in [4.78, 5) is 34.3. The van der Waals surface area contributed by atoms with Gasteiger partial charge in [0.15, 0.2) is 0 Å². The standard InChI is InChI=1S/C11H12BrN3O4/c1-2-14(6-10(13)16)11(17)7-3-4-8(12)9(5-7)15(18)19/h3-5H,2,6H2,1H3,(H2,13,16). The number of halogens is 1. The number of nitrogens with two attached hydrogens (primary N) is 1. The van der Waals surface area contributed by atoms with Crippen molar-refractivity contribution < 1.29 is 14.5 Å². The van der Waals surface area contributed by atoms with Crippen molar-refractivity contribution in [3.8, 4) is 0 Å². The number of nitro benzene ring substituents is 1. The summed E-state index contributed by atoms with van der Waals surface area (Å²) in [5, 5.41) is 10.8. The maximum Gasteiger partial charge on any atom is 0.284 e. The van der Waals surface area contributed by atoms with Crippen molar-refractivity contribution in [2.45, 2.75) is 6.92 Å². The molecule has 0 aliphatic heterocycles. The van der Waals surface area contributed by atoms with Crippen LogP contribution < -0.4 is 5.73 Å². The van der Waals surface area contributed by atoms with E-state index in [2.05, 4.69) is 15.9 Å². The smallest absolute Gasteiger partial charge is 0.284 e. The number of rotatable bonds is 5. The van der Waals surface area contributed by atoms with Crippen molar-refractivity contribution >= 4 is 33.4 Å². The number of carbonyl (C=O) groups is 2. The van der Waals surface area contributed by atoms with E-state index in [1.165, 1.54) is 17.0 Å². The molecule has 2 N–H and O–H groups in total. The van der Waals surface area contributed by atoms with Gasteiger partial charge in [0.25, 0.3) is 11.6 Å². The Hall–Kier alpha value is -1.96. The molecule has 0 atom stereocenters. The van der Waals surface area contributed by atoms with E-state index in [1.807, 2.05) is 0 Å². The van der Waals surface area contributed by atoms with E-state index in [1.54, 1.807) is 6.92 Å². The molecule has 7 nitrogen and oxygen atoms in total. The molecule has 0 unspecified atom stereocenters. The summed E-state index contributed by atoms with van der Waals surface area (Å²) in [6.07, 6.45) is 0. The topological polar surface area (TPSA) is 107 Å². The first-order valence-corrected chi connectivity index (χ1v) is 6.17. The van der Waals surface area contributed by atoms with Gasteiger partial charge in [-0.2, -0.15) is 0 Å². The van der Waals surface area contributed by atoms with Crippen molar-refractivity contribution in [3.63, 3.8) is 0 Å². The zero-order valence-corrected chi connectivity index (χ0v) is 11.7. The van der Waals surface area contributed by atoms with Gasteiger partial charge in [0.1, 0.15) is 0 Å². The van der Waals surface area contributed by atoms with Crippen molar-refractivity contribution in [1.82, 2.24) is 4.90 Å². The van der Waals surface area contributed by atoms with Gasteiger partial charge in [0, 0.05) is 18.2 Å². The highest BCUT2D eigenvalue weighted by Crippen LogP contribution is 2.26. The molecule has 8 heteroatoms. The first-order chi connectivity index (χ1) is 8.86. The van der Waals surface area contributed by atoms with Crippen LogP contribution in [0.1, 0.15) is 17.3 Å². The van der Waals surface area contributed by atoms with Crippen LogP contribution >= 0.6 is 15.9 Å². The minimum atomic E-state index is -0.637. The lowest BCUT2D eigenvalue weighted by molar-refractivity contribution is -0.385. The summed E-state index contributed by atoms with van der Waals surface area (Å²) < 4.78 is 0.284. The summed E-state index contributed by atoms with van der Waals surface area (Å²) in [6, 6.07) is 4.03. The third-order valence-corrected chi connectivity index (χ3v) is 3.08. The lowest BCUT2D eigenvalue weighted by atomic mass is 10.1. The van der Waals surface area contributed by atoms with Gasteiger partial charge in [-0.05, 0) is 35.0 Å². The van der Waals surface area contributed by atoms with Crippen molar-refractivity contribution in [3.05, 3.63) is 38.3 Å². The van der Waals surface area contributed by atoms with Crippen LogP contribution in [0.25, 0.3) is 0 Å². The number of nitrogens with zero attached hydrogens (tertiary/aromatic N) is 2. The third kappa shape index (κ3) is 3.75. The van der Waals surface area contributed by atoms with E-state index in [9.17, 15) is 19.7 Å². The average molecular weight is 330 g/mol. The van der Waals surface area contributed by atoms with Gasteiger partial charge < -0.3 is 10.6 Å². The summed E-state index contributed by atoms with van der Waals surface area (Å²) in [5.74, 6) is -1.11. The highest BCUT2D eigenvalue weighted by Gasteiger charge is 2.20. The van der Waals surface area contributed by atoms with Crippen LogP contribution in [-0.2, 0) is 4.79 Å². The van der Waals surface area contributed by atoms with Crippen LogP contribution in [0.15, 0.2) is 22.7 Å². The van der Waals surface area contributed by atoms with E-state index in [0.717, 1.165) is 6.07 Å². The van der Waals surface area contributed by atoms with Crippen molar-refractivity contribution in [1.29, 1.82) is 0 Å². The minimum Gasteiger partial charge on any atom is -0.368 e. The van der Waals surface area contributed by atoms with E-state index < -0.39 is 16.7 Å². The molecule has 0 aromatic heterocycles. The number of hydrogen-bond acceptors (Lipinski definition) is 4. The molecule has 19 heavy (non-hydrogen) atoms. The fourth-order valence-corrected chi connectivity index (χ4v) is 1.87. The molecule has 0 spiro atoms. The van der Waals surface area contributed by atoms with E-state index >= 15 is 0 Å². The molecule has 0 aliphatic rings. The van der Waals surface area contributed by atoms with Gasteiger partial charge in [0.05, 0.1) is 15.9 Å². The highest BCUT2D eigenvalue weighted by atomic mass is 79.9. The van der Waals surface area contributed by atoms with Crippen molar-refractivity contribution in [2.24, 2.45) is 5.73 Å². The normalized spacial score (nSPS) is 10.0. The Kier molecular flexibility index (Phi) is 4.99. The molecule has 0 heterocycles. The largest absolute Gasteiger partial charge is 0.368 e. The fraction of sp³-hybridized carbons (Fsp3) is 0.273. The Labute approximate surface area is 117 Å². The molecule has 1 rings (SSSR count). The molecule has 0 fully saturated rings. The van der Waals surface area contributed by atoms with Crippen LogP contribution in [-0.4, -0.2) is 34.7 Å². The lowest BCUT2D eigenvalue weighted by Gasteiger charge is -2.18. The summed E-state index contributed by atoms with van der Waals surface area (Å²) in [5.41, 5.74) is 4.97. The first-order valence-electron chi connectivity index (χ1n) is 5.38. The quantitative estimate of drug-likeness (QED) is 0.649. The van der Waals surface area contributed by atoms with Crippen LogP contribution in [0.2, 0.25) is 0 Å². The molecule has 0 saturated carbocycles. The molecule has 0 saturated heterocycles. The summed E-state index contributed by atoms with van der Waals surface area (Å²) in [7, 11) is 0. The molecule has 102 valence electrons. The third-order valence-electron chi connectivity index (χ3n) is 2.41. The van der Waals surface area contributed by atoms with E-state index in [0.29, 0.717) is 0 Å². The summed E-state index contributed by atoms with van der Waals surface area (Å²) in [6.45, 7) is 1.75.